The average molecular weight is 347 g/mol. The Balaban J connectivity index is 1.78. The molecule has 2 aliphatic rings. The zero-order chi connectivity index (χ0) is 18.0. The normalized spacial score (nSPS) is 25.6. The summed E-state index contributed by atoms with van der Waals surface area (Å²) in [6.07, 6.45) is 5.01. The Morgan fingerprint density at radius 1 is 1.20 bits per heavy atom. The van der Waals surface area contributed by atoms with Crippen LogP contribution in [0.25, 0.3) is 0 Å². The number of likely N-dealkylation sites (tertiary alicyclic amines) is 1. The van der Waals surface area contributed by atoms with E-state index in [2.05, 4.69) is 5.32 Å². The fourth-order valence-electron chi connectivity index (χ4n) is 4.35. The monoisotopic (exact) mass is 347 g/mol. The van der Waals surface area contributed by atoms with Crippen LogP contribution >= 0.6 is 0 Å². The zero-order valence-corrected chi connectivity index (χ0v) is 14.6. The van der Waals surface area contributed by atoms with E-state index in [1.165, 1.54) is 12.1 Å². The molecule has 1 aromatic rings. The number of hydrogen-bond acceptors (Lipinski definition) is 2. The number of carbonyl (C=O) groups is 2. The van der Waals surface area contributed by atoms with Crippen molar-refractivity contribution >= 4 is 11.9 Å². The lowest BCUT2D eigenvalue weighted by atomic mass is 9.80. The number of hydrogen-bond donors (Lipinski definition) is 2. The van der Waals surface area contributed by atoms with Gasteiger partial charge in [0.15, 0.2) is 0 Å². The topological polar surface area (TPSA) is 75.4 Å². The third-order valence-electron chi connectivity index (χ3n) is 5.66. The van der Waals surface area contributed by atoms with Gasteiger partial charge in [0.25, 0.3) is 0 Å². The minimum Gasteiger partial charge on any atom is -0.352 e. The molecule has 0 spiro atoms. The summed E-state index contributed by atoms with van der Waals surface area (Å²) in [4.78, 5) is 26.7. The van der Waals surface area contributed by atoms with Crippen LogP contribution in [0, 0.1) is 5.82 Å². The van der Waals surface area contributed by atoms with Crippen LogP contribution in [-0.2, 0) is 4.79 Å². The fraction of sp³-hybridized carbons (Fsp3) is 0.579. The lowest BCUT2D eigenvalue weighted by Gasteiger charge is -2.40. The maximum atomic E-state index is 13.3. The van der Waals surface area contributed by atoms with Gasteiger partial charge in [-0.25, -0.2) is 9.18 Å². The van der Waals surface area contributed by atoms with E-state index in [9.17, 15) is 14.0 Å². The van der Waals surface area contributed by atoms with Crippen LogP contribution in [0.3, 0.4) is 0 Å². The van der Waals surface area contributed by atoms with Crippen molar-refractivity contribution in [2.24, 2.45) is 5.73 Å². The van der Waals surface area contributed by atoms with Crippen molar-refractivity contribution in [2.75, 3.05) is 6.54 Å². The Labute approximate surface area is 147 Å². The van der Waals surface area contributed by atoms with E-state index in [4.69, 9.17) is 5.73 Å². The van der Waals surface area contributed by atoms with Crippen LogP contribution in [-0.4, -0.2) is 35.0 Å². The third kappa shape index (κ3) is 3.62. The summed E-state index contributed by atoms with van der Waals surface area (Å²) in [5, 5.41) is 2.75. The summed E-state index contributed by atoms with van der Waals surface area (Å²) < 4.78 is 13.2. The summed E-state index contributed by atoms with van der Waals surface area (Å²) in [7, 11) is 0. The van der Waals surface area contributed by atoms with Gasteiger partial charge in [-0.1, -0.05) is 31.4 Å². The standard InChI is InChI=1S/C19H26FN3O2/c1-13-11-15(14-5-7-16(20)8-6-14)12-23(13)17(24)19(22-18(21)25)9-3-2-4-10-19/h5-8,13,15H,2-4,9-12H2,1H3,(H3,21,22,25). The first-order valence-corrected chi connectivity index (χ1v) is 9.05. The van der Waals surface area contributed by atoms with Gasteiger partial charge in [0.1, 0.15) is 11.4 Å². The summed E-state index contributed by atoms with van der Waals surface area (Å²) in [6, 6.07) is 5.94. The largest absolute Gasteiger partial charge is 0.352 e. The molecule has 1 aromatic carbocycles. The lowest BCUT2D eigenvalue weighted by molar-refractivity contribution is -0.140. The number of primary amides is 1. The van der Waals surface area contributed by atoms with Crippen molar-refractivity contribution in [3.8, 4) is 0 Å². The number of carbonyl (C=O) groups excluding carboxylic acids is 2. The Morgan fingerprint density at radius 3 is 2.44 bits per heavy atom. The van der Waals surface area contributed by atoms with Gasteiger partial charge in [0.2, 0.25) is 5.91 Å². The number of nitrogens with one attached hydrogen (secondary N) is 1. The Bertz CT molecular complexity index is 641. The molecule has 1 heterocycles. The fourth-order valence-corrected chi connectivity index (χ4v) is 4.35. The SMILES string of the molecule is CC1CC(c2ccc(F)cc2)CN1C(=O)C1(NC(N)=O)CCCCC1. The second kappa shape index (κ2) is 7.02. The number of urea groups is 1. The number of nitrogens with zero attached hydrogens (tertiary/aromatic N) is 1. The van der Waals surface area contributed by atoms with E-state index in [1.54, 1.807) is 12.1 Å². The molecule has 1 aliphatic heterocycles. The van der Waals surface area contributed by atoms with Crippen LogP contribution < -0.4 is 11.1 Å². The number of amides is 3. The molecule has 2 atom stereocenters. The van der Waals surface area contributed by atoms with Crippen molar-refractivity contribution in [3.05, 3.63) is 35.6 Å². The molecular formula is C19H26FN3O2. The third-order valence-corrected chi connectivity index (χ3v) is 5.66. The Kier molecular flexibility index (Phi) is 4.97. The van der Waals surface area contributed by atoms with E-state index in [0.717, 1.165) is 31.2 Å². The molecule has 136 valence electrons. The predicted molar refractivity (Wildman–Crippen MR) is 93.5 cm³/mol. The first-order valence-electron chi connectivity index (χ1n) is 9.05. The van der Waals surface area contributed by atoms with Crippen molar-refractivity contribution in [1.82, 2.24) is 10.2 Å². The number of rotatable bonds is 3. The molecule has 1 saturated carbocycles. The summed E-state index contributed by atoms with van der Waals surface area (Å²) >= 11 is 0. The highest BCUT2D eigenvalue weighted by Gasteiger charge is 2.46. The Hall–Kier alpha value is -2.11. The smallest absolute Gasteiger partial charge is 0.313 e. The first kappa shape index (κ1) is 17.7. The molecular weight excluding hydrogens is 321 g/mol. The maximum absolute atomic E-state index is 13.3. The van der Waals surface area contributed by atoms with E-state index in [1.807, 2.05) is 11.8 Å². The summed E-state index contributed by atoms with van der Waals surface area (Å²) in [6.45, 7) is 2.62. The molecule has 1 aliphatic carbocycles. The van der Waals surface area contributed by atoms with Crippen molar-refractivity contribution < 1.29 is 14.0 Å². The van der Waals surface area contributed by atoms with Crippen molar-refractivity contribution in [2.45, 2.75) is 62.9 Å². The van der Waals surface area contributed by atoms with Crippen LogP contribution in [0.4, 0.5) is 9.18 Å². The molecule has 5 nitrogen and oxygen atoms in total. The van der Waals surface area contributed by atoms with Crippen molar-refractivity contribution in [1.29, 1.82) is 0 Å². The molecule has 0 radical (unpaired) electrons. The average Bonchev–Trinajstić information content (AvgIpc) is 2.96. The van der Waals surface area contributed by atoms with Crippen LogP contribution in [0.2, 0.25) is 0 Å². The van der Waals surface area contributed by atoms with Gasteiger partial charge in [0.05, 0.1) is 0 Å². The van der Waals surface area contributed by atoms with Gasteiger partial charge < -0.3 is 16.0 Å². The summed E-state index contributed by atoms with van der Waals surface area (Å²) in [5.74, 6) is -0.0913. The highest BCUT2D eigenvalue weighted by Crippen LogP contribution is 2.36. The molecule has 25 heavy (non-hydrogen) atoms. The summed E-state index contributed by atoms with van der Waals surface area (Å²) in [5.41, 5.74) is 5.54. The molecule has 0 bridgehead atoms. The van der Waals surface area contributed by atoms with Gasteiger partial charge in [-0.2, -0.15) is 0 Å². The molecule has 0 aromatic heterocycles. The second-order valence-corrected chi connectivity index (χ2v) is 7.42. The molecule has 1 saturated heterocycles. The second-order valence-electron chi connectivity index (χ2n) is 7.42. The number of halogens is 1. The van der Waals surface area contributed by atoms with E-state index >= 15 is 0 Å². The minimum atomic E-state index is -0.865. The van der Waals surface area contributed by atoms with Crippen LogP contribution in [0.1, 0.15) is 56.9 Å². The first-order chi connectivity index (χ1) is 11.9. The molecule has 3 rings (SSSR count). The quantitative estimate of drug-likeness (QED) is 0.882. The Morgan fingerprint density at radius 2 is 1.84 bits per heavy atom. The maximum Gasteiger partial charge on any atom is 0.313 e. The van der Waals surface area contributed by atoms with Gasteiger partial charge in [-0.05, 0) is 43.9 Å². The number of nitrogens with two attached hydrogens (primary N) is 1. The minimum absolute atomic E-state index is 0.0249. The predicted octanol–water partition coefficient (Wildman–Crippen LogP) is 2.90. The lowest BCUT2D eigenvalue weighted by Crippen LogP contribution is -2.62. The van der Waals surface area contributed by atoms with E-state index in [0.29, 0.717) is 19.4 Å². The van der Waals surface area contributed by atoms with Crippen molar-refractivity contribution in [3.63, 3.8) is 0 Å². The number of benzene rings is 1. The van der Waals surface area contributed by atoms with E-state index in [-0.39, 0.29) is 23.7 Å². The molecule has 3 N–H and O–H groups in total. The van der Waals surface area contributed by atoms with Gasteiger partial charge >= 0.3 is 6.03 Å². The molecule has 2 unspecified atom stereocenters. The van der Waals surface area contributed by atoms with Crippen LogP contribution in [0.15, 0.2) is 24.3 Å². The highest BCUT2D eigenvalue weighted by atomic mass is 19.1. The van der Waals surface area contributed by atoms with E-state index < -0.39 is 11.6 Å². The van der Waals surface area contributed by atoms with Gasteiger partial charge in [-0.3, -0.25) is 4.79 Å². The zero-order valence-electron chi connectivity index (χ0n) is 14.6. The highest BCUT2D eigenvalue weighted by molar-refractivity contribution is 5.91. The van der Waals surface area contributed by atoms with Gasteiger partial charge in [-0.15, -0.1) is 0 Å². The molecule has 2 fully saturated rings. The van der Waals surface area contributed by atoms with Crippen LogP contribution in [0.5, 0.6) is 0 Å². The molecule has 3 amide bonds. The molecule has 6 heteroatoms. The van der Waals surface area contributed by atoms with Gasteiger partial charge in [0, 0.05) is 18.5 Å².